The molecule has 4 heteroatoms. The second-order valence-electron chi connectivity index (χ2n) is 4.34. The maximum Gasteiger partial charge on any atom is 0.154 e. The molecule has 0 saturated heterocycles. The molecule has 0 amide bonds. The van der Waals surface area contributed by atoms with Crippen LogP contribution < -0.4 is 0 Å². The third-order valence-corrected chi connectivity index (χ3v) is 5.79. The van der Waals surface area contributed by atoms with Crippen molar-refractivity contribution >= 4 is 45.2 Å². The molecule has 0 aromatic rings. The summed E-state index contributed by atoms with van der Waals surface area (Å²) in [4.78, 5) is 0. The van der Waals surface area contributed by atoms with Gasteiger partial charge in [-0.25, -0.2) is 0 Å². The molecule has 1 aliphatic rings. The summed E-state index contributed by atoms with van der Waals surface area (Å²) in [6, 6.07) is 0. The van der Waals surface area contributed by atoms with Gasteiger partial charge in [0.05, 0.1) is 0 Å². The Labute approximate surface area is 113 Å². The number of alkyl halides is 2. The van der Waals surface area contributed by atoms with E-state index in [0.29, 0.717) is 11.8 Å². The Balaban J connectivity index is 2.58. The average Bonchev–Trinajstić information content (AvgIpc) is 2.59. The Morgan fingerprint density at radius 1 is 1.21 bits per heavy atom. The predicted octanol–water partition coefficient (Wildman–Crippen LogP) is 2.45. The molecule has 1 aliphatic carbocycles. The molecule has 14 heavy (non-hydrogen) atoms. The van der Waals surface area contributed by atoms with Crippen LogP contribution in [0.4, 0.5) is 0 Å². The van der Waals surface area contributed by atoms with E-state index in [1.54, 1.807) is 0 Å². The number of aliphatic hydroxyl groups is 2. The number of hydrogen-bond acceptors (Lipinski definition) is 2. The van der Waals surface area contributed by atoms with Gasteiger partial charge in [-0.3, -0.25) is 0 Å². The third kappa shape index (κ3) is 3.18. The maximum atomic E-state index is 9.20. The van der Waals surface area contributed by atoms with Gasteiger partial charge < -0.3 is 10.2 Å². The first-order valence-electron chi connectivity index (χ1n) is 5.08. The summed E-state index contributed by atoms with van der Waals surface area (Å²) in [7, 11) is 0. The highest BCUT2D eigenvalue weighted by atomic mass is 127. The quantitative estimate of drug-likeness (QED) is 0.414. The van der Waals surface area contributed by atoms with Crippen molar-refractivity contribution in [2.75, 3.05) is 8.86 Å². The van der Waals surface area contributed by atoms with E-state index in [2.05, 4.69) is 45.2 Å². The van der Waals surface area contributed by atoms with Gasteiger partial charge in [0.1, 0.15) is 0 Å². The van der Waals surface area contributed by atoms with Crippen molar-refractivity contribution in [2.45, 2.75) is 26.1 Å². The Bertz CT molecular complexity index is 176. The highest BCUT2D eigenvalue weighted by molar-refractivity contribution is 14.1. The molecule has 1 rings (SSSR count). The summed E-state index contributed by atoms with van der Waals surface area (Å²) in [6.45, 7) is 1.96. The van der Waals surface area contributed by atoms with Crippen LogP contribution in [0, 0.1) is 23.7 Å². The molecule has 0 aromatic carbocycles. The van der Waals surface area contributed by atoms with Crippen LogP contribution in [0.3, 0.4) is 0 Å². The molecular formula is C10H18I2O2. The Kier molecular flexibility index (Phi) is 5.95. The molecule has 84 valence electrons. The van der Waals surface area contributed by atoms with E-state index >= 15 is 0 Å². The first-order valence-corrected chi connectivity index (χ1v) is 8.13. The Morgan fingerprint density at radius 2 is 1.86 bits per heavy atom. The fraction of sp³-hybridized carbons (Fsp3) is 1.00. The maximum absolute atomic E-state index is 9.20. The standard InChI is InChI=1S/C10H18I2O2/c1-6(10(13)14)9-3-7(4-11)2-8(9)5-12/h6-10,13-14H,2-5H2,1H3. The largest absolute Gasteiger partial charge is 0.368 e. The normalized spacial score (nSPS) is 35.1. The van der Waals surface area contributed by atoms with Crippen LogP contribution in [0.5, 0.6) is 0 Å². The van der Waals surface area contributed by atoms with Crippen molar-refractivity contribution < 1.29 is 10.2 Å². The lowest BCUT2D eigenvalue weighted by Gasteiger charge is -2.25. The summed E-state index contributed by atoms with van der Waals surface area (Å²) in [6.07, 6.45) is 1.31. The molecule has 4 unspecified atom stereocenters. The van der Waals surface area contributed by atoms with E-state index in [-0.39, 0.29) is 5.92 Å². The molecule has 0 heterocycles. The number of halogens is 2. The van der Waals surface area contributed by atoms with Gasteiger partial charge in [0, 0.05) is 14.8 Å². The van der Waals surface area contributed by atoms with Crippen LogP contribution in [-0.4, -0.2) is 25.4 Å². The molecule has 0 spiro atoms. The lowest BCUT2D eigenvalue weighted by atomic mass is 9.85. The second kappa shape index (κ2) is 6.20. The Hall–Kier alpha value is 1.38. The summed E-state index contributed by atoms with van der Waals surface area (Å²) in [5, 5.41) is 18.4. The van der Waals surface area contributed by atoms with E-state index in [1.165, 1.54) is 17.3 Å². The molecule has 1 fully saturated rings. The van der Waals surface area contributed by atoms with Crippen molar-refractivity contribution in [3.63, 3.8) is 0 Å². The summed E-state index contributed by atoms with van der Waals surface area (Å²) in [5.74, 6) is 2.02. The molecule has 0 radical (unpaired) electrons. The zero-order chi connectivity index (χ0) is 10.7. The van der Waals surface area contributed by atoms with Crippen LogP contribution in [0.2, 0.25) is 0 Å². The fourth-order valence-corrected chi connectivity index (χ4v) is 4.18. The van der Waals surface area contributed by atoms with Crippen molar-refractivity contribution in [3.8, 4) is 0 Å². The van der Waals surface area contributed by atoms with E-state index in [1.807, 2.05) is 6.92 Å². The molecule has 0 aromatic heterocycles. The first-order chi connectivity index (χ1) is 6.60. The SMILES string of the molecule is CC(C(O)O)C1CC(CI)CC1CI. The van der Waals surface area contributed by atoms with Crippen molar-refractivity contribution in [1.82, 2.24) is 0 Å². The van der Waals surface area contributed by atoms with Gasteiger partial charge in [-0.1, -0.05) is 52.1 Å². The minimum Gasteiger partial charge on any atom is -0.368 e. The monoisotopic (exact) mass is 424 g/mol. The van der Waals surface area contributed by atoms with Crippen LogP contribution in [0.15, 0.2) is 0 Å². The summed E-state index contributed by atoms with van der Waals surface area (Å²) >= 11 is 4.86. The predicted molar refractivity (Wildman–Crippen MR) is 74.9 cm³/mol. The summed E-state index contributed by atoms with van der Waals surface area (Å²) in [5.41, 5.74) is 0. The van der Waals surface area contributed by atoms with E-state index < -0.39 is 6.29 Å². The lowest BCUT2D eigenvalue weighted by Crippen LogP contribution is -2.28. The minimum atomic E-state index is -1.14. The van der Waals surface area contributed by atoms with Gasteiger partial charge in [-0.15, -0.1) is 0 Å². The van der Waals surface area contributed by atoms with E-state index in [9.17, 15) is 10.2 Å². The van der Waals surface area contributed by atoms with Crippen molar-refractivity contribution in [1.29, 1.82) is 0 Å². The molecule has 0 aliphatic heterocycles. The van der Waals surface area contributed by atoms with Crippen molar-refractivity contribution in [2.24, 2.45) is 23.7 Å². The van der Waals surface area contributed by atoms with Crippen molar-refractivity contribution in [3.05, 3.63) is 0 Å². The van der Waals surface area contributed by atoms with E-state index in [4.69, 9.17) is 0 Å². The third-order valence-electron chi connectivity index (χ3n) is 3.41. The molecule has 4 atom stereocenters. The van der Waals surface area contributed by atoms with Gasteiger partial charge in [-0.2, -0.15) is 0 Å². The van der Waals surface area contributed by atoms with Gasteiger partial charge in [0.15, 0.2) is 6.29 Å². The van der Waals surface area contributed by atoms with Gasteiger partial charge in [0.25, 0.3) is 0 Å². The second-order valence-corrected chi connectivity index (χ2v) is 6.10. The van der Waals surface area contributed by atoms with Crippen LogP contribution in [-0.2, 0) is 0 Å². The molecule has 1 saturated carbocycles. The first kappa shape index (κ1) is 13.4. The van der Waals surface area contributed by atoms with Crippen LogP contribution in [0.25, 0.3) is 0 Å². The average molecular weight is 424 g/mol. The Morgan fingerprint density at radius 3 is 2.29 bits per heavy atom. The number of hydrogen-bond donors (Lipinski definition) is 2. The number of aliphatic hydroxyl groups excluding tert-OH is 1. The minimum absolute atomic E-state index is 0.0303. The fourth-order valence-electron chi connectivity index (χ4n) is 2.44. The highest BCUT2D eigenvalue weighted by Crippen LogP contribution is 2.43. The molecular weight excluding hydrogens is 406 g/mol. The smallest absolute Gasteiger partial charge is 0.154 e. The summed E-state index contributed by atoms with van der Waals surface area (Å²) < 4.78 is 2.35. The number of rotatable bonds is 4. The van der Waals surface area contributed by atoms with Gasteiger partial charge in [0.2, 0.25) is 0 Å². The zero-order valence-electron chi connectivity index (χ0n) is 8.37. The van der Waals surface area contributed by atoms with Crippen LogP contribution >= 0.6 is 45.2 Å². The highest BCUT2D eigenvalue weighted by Gasteiger charge is 2.37. The molecule has 2 nitrogen and oxygen atoms in total. The van der Waals surface area contributed by atoms with Gasteiger partial charge >= 0.3 is 0 Å². The molecule has 2 N–H and O–H groups in total. The van der Waals surface area contributed by atoms with Gasteiger partial charge in [-0.05, 0) is 30.6 Å². The molecule has 0 bridgehead atoms. The van der Waals surface area contributed by atoms with E-state index in [0.717, 1.165) is 10.3 Å². The lowest BCUT2D eigenvalue weighted by molar-refractivity contribution is -0.0978. The topological polar surface area (TPSA) is 40.5 Å². The zero-order valence-corrected chi connectivity index (χ0v) is 12.7. The van der Waals surface area contributed by atoms with Crippen LogP contribution in [0.1, 0.15) is 19.8 Å².